The number of rotatable bonds is 1. The first-order valence-corrected chi connectivity index (χ1v) is 6.64. The molecule has 0 amide bonds. The van der Waals surface area contributed by atoms with E-state index in [1.807, 2.05) is 24.4 Å². The maximum absolute atomic E-state index is 6.12. The van der Waals surface area contributed by atoms with Gasteiger partial charge in [-0.3, -0.25) is 0 Å². The number of nitrogens with zero attached hydrogens (tertiary/aromatic N) is 2. The van der Waals surface area contributed by atoms with E-state index in [2.05, 4.69) is 22.9 Å². The van der Waals surface area contributed by atoms with E-state index < -0.39 is 0 Å². The summed E-state index contributed by atoms with van der Waals surface area (Å²) in [6.07, 6.45) is 4.37. The molecule has 18 heavy (non-hydrogen) atoms. The first-order chi connectivity index (χ1) is 8.75. The van der Waals surface area contributed by atoms with Gasteiger partial charge in [-0.05, 0) is 36.3 Å². The summed E-state index contributed by atoms with van der Waals surface area (Å²) >= 11 is 0. The van der Waals surface area contributed by atoms with Crippen LogP contribution in [0.1, 0.15) is 19.8 Å². The van der Waals surface area contributed by atoms with Crippen LogP contribution in [-0.4, -0.2) is 18.1 Å². The SMILES string of the molecule is CC1CCN(c2nccc3cccc(N)c23)CC1. The van der Waals surface area contributed by atoms with Gasteiger partial charge < -0.3 is 10.6 Å². The van der Waals surface area contributed by atoms with Gasteiger partial charge in [-0.2, -0.15) is 0 Å². The van der Waals surface area contributed by atoms with Crippen LogP contribution in [0.4, 0.5) is 11.5 Å². The first kappa shape index (κ1) is 11.3. The van der Waals surface area contributed by atoms with Crippen LogP contribution in [0.2, 0.25) is 0 Å². The second-order valence-corrected chi connectivity index (χ2v) is 5.25. The molecule has 2 N–H and O–H groups in total. The quantitative estimate of drug-likeness (QED) is 0.780. The van der Waals surface area contributed by atoms with E-state index in [1.54, 1.807) is 0 Å². The van der Waals surface area contributed by atoms with Crippen LogP contribution in [0.15, 0.2) is 30.5 Å². The van der Waals surface area contributed by atoms with Gasteiger partial charge in [-0.1, -0.05) is 19.1 Å². The number of anilines is 2. The van der Waals surface area contributed by atoms with E-state index in [9.17, 15) is 0 Å². The predicted molar refractivity (Wildman–Crippen MR) is 76.8 cm³/mol. The summed E-state index contributed by atoms with van der Waals surface area (Å²) in [4.78, 5) is 6.94. The van der Waals surface area contributed by atoms with E-state index in [4.69, 9.17) is 5.73 Å². The van der Waals surface area contributed by atoms with Crippen molar-refractivity contribution in [1.29, 1.82) is 0 Å². The van der Waals surface area contributed by atoms with Gasteiger partial charge in [0, 0.05) is 30.4 Å². The molecule has 0 atom stereocenters. The summed E-state index contributed by atoms with van der Waals surface area (Å²) in [6.45, 7) is 4.49. The lowest BCUT2D eigenvalue weighted by Crippen LogP contribution is -2.33. The van der Waals surface area contributed by atoms with Crippen molar-refractivity contribution < 1.29 is 0 Å². The molecule has 1 aromatic heterocycles. The maximum Gasteiger partial charge on any atom is 0.138 e. The Kier molecular flexibility index (Phi) is 2.82. The molecule has 3 nitrogen and oxygen atoms in total. The molecule has 0 saturated carbocycles. The summed E-state index contributed by atoms with van der Waals surface area (Å²) in [5.74, 6) is 1.88. The molecule has 2 aromatic rings. The number of piperidine rings is 1. The third-order valence-corrected chi connectivity index (χ3v) is 3.89. The summed E-state index contributed by atoms with van der Waals surface area (Å²) < 4.78 is 0. The Morgan fingerprint density at radius 2 is 2.00 bits per heavy atom. The molecular weight excluding hydrogens is 222 g/mol. The van der Waals surface area contributed by atoms with E-state index in [1.165, 1.54) is 18.2 Å². The Morgan fingerprint density at radius 1 is 1.22 bits per heavy atom. The average Bonchev–Trinajstić information content (AvgIpc) is 2.39. The van der Waals surface area contributed by atoms with Crippen molar-refractivity contribution in [3.63, 3.8) is 0 Å². The second-order valence-electron chi connectivity index (χ2n) is 5.25. The lowest BCUT2D eigenvalue weighted by Gasteiger charge is -2.32. The largest absolute Gasteiger partial charge is 0.398 e. The van der Waals surface area contributed by atoms with E-state index in [-0.39, 0.29) is 0 Å². The number of benzene rings is 1. The summed E-state index contributed by atoms with van der Waals surface area (Å²) in [5, 5.41) is 2.29. The number of pyridine rings is 1. The minimum absolute atomic E-state index is 0.827. The number of hydrogen-bond acceptors (Lipinski definition) is 3. The van der Waals surface area contributed by atoms with Gasteiger partial charge in [0.1, 0.15) is 5.82 Å². The molecule has 0 unspecified atom stereocenters. The number of nitrogen functional groups attached to an aromatic ring is 1. The lowest BCUT2D eigenvalue weighted by molar-refractivity contribution is 0.437. The van der Waals surface area contributed by atoms with E-state index >= 15 is 0 Å². The van der Waals surface area contributed by atoms with Crippen molar-refractivity contribution >= 4 is 22.3 Å². The van der Waals surface area contributed by atoms with Gasteiger partial charge in [0.2, 0.25) is 0 Å². The van der Waals surface area contributed by atoms with Gasteiger partial charge in [0.05, 0.1) is 0 Å². The predicted octanol–water partition coefficient (Wildman–Crippen LogP) is 3.05. The molecule has 1 aliphatic heterocycles. The minimum atomic E-state index is 0.827. The summed E-state index contributed by atoms with van der Waals surface area (Å²) in [6, 6.07) is 8.09. The summed E-state index contributed by atoms with van der Waals surface area (Å²) in [7, 11) is 0. The molecule has 1 fully saturated rings. The van der Waals surface area contributed by atoms with Gasteiger partial charge in [0.15, 0.2) is 0 Å². The molecule has 0 spiro atoms. The third kappa shape index (κ3) is 1.90. The zero-order valence-electron chi connectivity index (χ0n) is 10.8. The molecule has 1 aliphatic rings. The van der Waals surface area contributed by atoms with Crippen molar-refractivity contribution in [2.45, 2.75) is 19.8 Å². The Labute approximate surface area is 108 Å². The molecule has 3 rings (SSSR count). The monoisotopic (exact) mass is 241 g/mol. The molecule has 94 valence electrons. The number of hydrogen-bond donors (Lipinski definition) is 1. The van der Waals surface area contributed by atoms with Crippen molar-refractivity contribution in [2.75, 3.05) is 23.7 Å². The van der Waals surface area contributed by atoms with Gasteiger partial charge in [-0.25, -0.2) is 4.98 Å². The topological polar surface area (TPSA) is 42.2 Å². The molecule has 0 bridgehead atoms. The highest BCUT2D eigenvalue weighted by Crippen LogP contribution is 2.31. The Bertz CT molecular complexity index is 551. The zero-order chi connectivity index (χ0) is 12.5. The molecule has 0 radical (unpaired) electrons. The van der Waals surface area contributed by atoms with Crippen LogP contribution >= 0.6 is 0 Å². The van der Waals surface area contributed by atoms with Crippen molar-refractivity contribution in [3.8, 4) is 0 Å². The van der Waals surface area contributed by atoms with Gasteiger partial charge in [0.25, 0.3) is 0 Å². The highest BCUT2D eigenvalue weighted by Gasteiger charge is 2.19. The van der Waals surface area contributed by atoms with Crippen molar-refractivity contribution in [3.05, 3.63) is 30.5 Å². The smallest absolute Gasteiger partial charge is 0.138 e. The summed E-state index contributed by atoms with van der Waals surface area (Å²) in [5.41, 5.74) is 6.95. The highest BCUT2D eigenvalue weighted by atomic mass is 15.2. The fourth-order valence-electron chi connectivity index (χ4n) is 2.70. The second kappa shape index (κ2) is 4.48. The minimum Gasteiger partial charge on any atom is -0.398 e. The van der Waals surface area contributed by atoms with Crippen LogP contribution in [0.5, 0.6) is 0 Å². The number of aromatic nitrogens is 1. The standard InChI is InChI=1S/C15H19N3/c1-11-6-9-18(10-7-11)15-14-12(5-8-17-15)3-2-4-13(14)16/h2-5,8,11H,6-7,9-10,16H2,1H3. The van der Waals surface area contributed by atoms with E-state index in [0.717, 1.165) is 35.9 Å². The fraction of sp³-hybridized carbons (Fsp3) is 0.400. The Hall–Kier alpha value is -1.77. The van der Waals surface area contributed by atoms with Crippen molar-refractivity contribution in [2.24, 2.45) is 5.92 Å². The average molecular weight is 241 g/mol. The maximum atomic E-state index is 6.12. The Morgan fingerprint density at radius 3 is 2.78 bits per heavy atom. The van der Waals surface area contributed by atoms with Gasteiger partial charge in [-0.15, -0.1) is 0 Å². The van der Waals surface area contributed by atoms with Crippen LogP contribution < -0.4 is 10.6 Å². The van der Waals surface area contributed by atoms with Crippen LogP contribution in [0, 0.1) is 5.92 Å². The van der Waals surface area contributed by atoms with Crippen LogP contribution in [0.25, 0.3) is 10.8 Å². The fourth-order valence-corrected chi connectivity index (χ4v) is 2.70. The van der Waals surface area contributed by atoms with Crippen molar-refractivity contribution in [1.82, 2.24) is 4.98 Å². The highest BCUT2D eigenvalue weighted by molar-refractivity contribution is 6.00. The first-order valence-electron chi connectivity index (χ1n) is 6.64. The number of fused-ring (bicyclic) bond motifs is 1. The van der Waals surface area contributed by atoms with Crippen LogP contribution in [0.3, 0.4) is 0 Å². The molecule has 1 aromatic carbocycles. The third-order valence-electron chi connectivity index (χ3n) is 3.89. The molecule has 3 heteroatoms. The van der Waals surface area contributed by atoms with Crippen LogP contribution in [-0.2, 0) is 0 Å². The molecule has 1 saturated heterocycles. The lowest BCUT2D eigenvalue weighted by atomic mass is 9.98. The molecule has 2 heterocycles. The van der Waals surface area contributed by atoms with E-state index in [0.29, 0.717) is 0 Å². The molecule has 0 aliphatic carbocycles. The van der Waals surface area contributed by atoms with Gasteiger partial charge >= 0.3 is 0 Å². The zero-order valence-corrected chi connectivity index (χ0v) is 10.8. The molecular formula is C15H19N3. The Balaban J connectivity index is 2.06. The number of nitrogens with two attached hydrogens (primary N) is 1. The normalized spacial score (nSPS) is 17.3.